The number of H-pyrrole nitrogens is 2. The van der Waals surface area contributed by atoms with E-state index >= 15 is 0 Å². The summed E-state index contributed by atoms with van der Waals surface area (Å²) in [5.74, 6) is 5.57. The number of aromatic nitrogens is 4. The fourth-order valence-corrected chi connectivity index (χ4v) is 19.4. The molecule has 2 aliphatic heterocycles. The molecule has 786 valence electrons. The van der Waals surface area contributed by atoms with Gasteiger partial charge < -0.3 is 76.3 Å². The molecule has 18 nitrogen and oxygen atoms in total. The van der Waals surface area contributed by atoms with Crippen LogP contribution in [0.4, 0.5) is 0 Å². The van der Waals surface area contributed by atoms with Gasteiger partial charge in [-0.2, -0.15) is 0 Å². The zero-order chi connectivity index (χ0) is 98.2. The first kappa shape index (κ1) is 116. The van der Waals surface area contributed by atoms with Gasteiger partial charge >= 0.3 is 0 Å². The van der Waals surface area contributed by atoms with E-state index in [0.717, 1.165) is 194 Å². The van der Waals surface area contributed by atoms with E-state index < -0.39 is 0 Å². The second-order valence-corrected chi connectivity index (χ2v) is 39.9. The van der Waals surface area contributed by atoms with Gasteiger partial charge in [-0.1, -0.05) is 388 Å². The van der Waals surface area contributed by atoms with Gasteiger partial charge in [0.25, 0.3) is 0 Å². The van der Waals surface area contributed by atoms with Crippen LogP contribution in [0.15, 0.2) is 72.8 Å². The van der Waals surface area contributed by atoms with Crippen molar-refractivity contribution in [3.05, 3.63) is 72.8 Å². The second-order valence-electron chi connectivity index (χ2n) is 39.9. The molecule has 2 aliphatic rings. The van der Waals surface area contributed by atoms with Crippen LogP contribution in [-0.2, 0) is 28.4 Å². The number of rotatable bonds is 92. The minimum Gasteiger partial charge on any atom is -0.490 e. The van der Waals surface area contributed by atoms with Crippen LogP contribution in [-0.4, -0.2) is 153 Å². The van der Waals surface area contributed by atoms with Gasteiger partial charge in [-0.05, 0) is 111 Å². The molecule has 0 radical (unpaired) electrons. The zero-order valence-corrected chi connectivity index (χ0v) is 89.7. The molecule has 8 bridgehead atoms. The molecule has 2 N–H and O–H groups in total. The maximum absolute atomic E-state index is 7.13. The molecule has 0 fully saturated rings. The van der Waals surface area contributed by atoms with Crippen LogP contribution >= 0.6 is 0 Å². The van der Waals surface area contributed by atoms with Crippen LogP contribution in [0.1, 0.15) is 427 Å². The SMILES string of the molecule is CCCCCCCCCCCCOc1cc2c(cc1OCCCCCCCCCCCC)-c1cc3[nH]c(cc4[nH]c(cc5nc(cc-2n1)-c1cc(OCCOCCOCCOC)c(OCCOCCOCCOC)cc1-5)c1cc(OCCCCCCCCCCCC)c(OCCCCCCCCCCCC)cc41)c1cc(OCCCCCCCCCCCC)c(OCCCCCCCCCCCC)cc31. The lowest BCUT2D eigenvalue weighted by Crippen LogP contribution is -2.14. The first-order valence-corrected chi connectivity index (χ1v) is 57.7. The lowest BCUT2D eigenvalue weighted by Gasteiger charge is -2.16. The van der Waals surface area contributed by atoms with E-state index in [1.165, 1.54) is 308 Å². The number of fused-ring (bicyclic) bond motifs is 20. The van der Waals surface area contributed by atoms with Crippen molar-refractivity contribution >= 4 is 43.6 Å². The van der Waals surface area contributed by atoms with E-state index in [4.69, 9.17) is 76.3 Å². The van der Waals surface area contributed by atoms with Crippen molar-refractivity contribution in [2.45, 2.75) is 427 Å². The highest BCUT2D eigenvalue weighted by atomic mass is 16.6. The largest absolute Gasteiger partial charge is 0.490 e. The number of benzene rings is 4. The van der Waals surface area contributed by atoms with Gasteiger partial charge in [-0.3, -0.25) is 0 Å². The third-order valence-electron chi connectivity index (χ3n) is 27.9. The Labute approximate surface area is 848 Å². The summed E-state index contributed by atoms with van der Waals surface area (Å²) in [5, 5.41) is 3.98. The Hall–Kier alpha value is -7.32. The van der Waals surface area contributed by atoms with Crippen molar-refractivity contribution in [1.82, 2.24) is 19.9 Å². The second kappa shape index (κ2) is 75.4. The van der Waals surface area contributed by atoms with E-state index in [1.807, 2.05) is 0 Å². The highest BCUT2D eigenvalue weighted by Crippen LogP contribution is 2.49. The molecule has 0 spiro atoms. The molecule has 3 aromatic heterocycles. The molecule has 7 aromatic rings. The molecule has 0 saturated carbocycles. The van der Waals surface area contributed by atoms with Crippen LogP contribution < -0.4 is 37.9 Å². The van der Waals surface area contributed by atoms with E-state index in [9.17, 15) is 0 Å². The summed E-state index contributed by atoms with van der Waals surface area (Å²) < 4.78 is 90.8. The van der Waals surface area contributed by atoms with Gasteiger partial charge in [0.15, 0.2) is 46.0 Å². The lowest BCUT2D eigenvalue weighted by molar-refractivity contribution is 0.0160. The van der Waals surface area contributed by atoms with Crippen LogP contribution in [0.2, 0.25) is 0 Å². The first-order chi connectivity index (χ1) is 69.3. The van der Waals surface area contributed by atoms with Gasteiger partial charge in [0, 0.05) is 80.1 Å². The summed E-state index contributed by atoms with van der Waals surface area (Å²) in [6.45, 7) is 22.2. The van der Waals surface area contributed by atoms with Crippen molar-refractivity contribution in [3.63, 3.8) is 0 Å². The molecule has 0 aliphatic carbocycles. The maximum Gasteiger partial charge on any atom is 0.162 e. The van der Waals surface area contributed by atoms with Crippen molar-refractivity contribution in [3.8, 4) is 91.0 Å². The highest BCUT2D eigenvalue weighted by Gasteiger charge is 2.28. The molecule has 18 heteroatoms. The molecule has 5 heterocycles. The van der Waals surface area contributed by atoms with Crippen molar-refractivity contribution in [2.24, 2.45) is 0 Å². The van der Waals surface area contributed by atoms with E-state index in [2.05, 4.69) is 124 Å². The summed E-state index contributed by atoms with van der Waals surface area (Å²) in [6.07, 6.45) is 74.6. The number of nitrogens with one attached hydrogen (secondary N) is 2. The Morgan fingerprint density at radius 1 is 0.164 bits per heavy atom. The topological polar surface area (TPSA) is 187 Å². The molecular formula is C122H194N4O14. The van der Waals surface area contributed by atoms with Gasteiger partial charge in [0.05, 0.1) is 128 Å². The Morgan fingerprint density at radius 3 is 0.536 bits per heavy atom. The highest BCUT2D eigenvalue weighted by molar-refractivity contribution is 6.13. The third kappa shape index (κ3) is 45.1. The van der Waals surface area contributed by atoms with Gasteiger partial charge in [-0.25, -0.2) is 9.97 Å². The average Bonchev–Trinajstić information content (AvgIpc) is 1.59. The fraction of sp³-hybridized carbons (Fsp3) is 0.705. The Kier molecular flexibility index (Phi) is 62.6. The standard InChI is InChI=1S/C122H194N4O14/c1-9-15-21-27-33-39-45-51-57-63-69-133-115-87-99-100(88-116(115)134-70-64-58-52-46-40-34-28-22-16-10-2)108-96-110-102-90-118(136-72-66-60-54-48-42-36-30-24-18-12-4)120(138-74-68-62-56-50-44-38-32-26-20-14-6)92-104(102)112(125-110)98-114-106-94-122(140-86-84-132-82-80-130-78-76-128-8)121(139-85-83-131-81-79-129-77-75-127-7)93-105(106)113(126-114)97-111-103-91-119(137-73-67-61-55-49-43-37-31-25-19-13-5)117(89-101(103)109(124-111)95-107(99)123-108)135-71-65-59-53-47-41-35-29-23-17-11-3/h87-98,123-124H,9-86H2,1-8H3. The number of aromatic amines is 2. The minimum absolute atomic E-state index is 0.249. The molecule has 4 aromatic carbocycles. The van der Waals surface area contributed by atoms with E-state index in [1.54, 1.807) is 14.2 Å². The third-order valence-corrected chi connectivity index (χ3v) is 27.9. The first-order valence-electron chi connectivity index (χ1n) is 57.7. The monoisotopic (exact) mass is 1940 g/mol. The normalized spacial score (nSPS) is 11.8. The Bertz CT molecular complexity index is 4350. The minimum atomic E-state index is 0.249. The van der Waals surface area contributed by atoms with E-state index in [-0.39, 0.29) is 13.2 Å². The molecular weight excluding hydrogens is 1750 g/mol. The smallest absolute Gasteiger partial charge is 0.162 e. The summed E-state index contributed by atoms with van der Waals surface area (Å²) in [6, 6.07) is 26.6. The summed E-state index contributed by atoms with van der Waals surface area (Å²) in [4.78, 5) is 19.9. The van der Waals surface area contributed by atoms with Crippen LogP contribution in [0.3, 0.4) is 0 Å². The zero-order valence-electron chi connectivity index (χ0n) is 89.7. The van der Waals surface area contributed by atoms with Crippen LogP contribution in [0.25, 0.3) is 88.6 Å². The van der Waals surface area contributed by atoms with Gasteiger partial charge in [-0.15, -0.1) is 0 Å². The number of hydrogen-bond donors (Lipinski definition) is 2. The van der Waals surface area contributed by atoms with Gasteiger partial charge in [0.2, 0.25) is 0 Å². The number of unbranched alkanes of at least 4 members (excludes halogenated alkanes) is 54. The summed E-state index contributed by atoms with van der Waals surface area (Å²) in [5.41, 5.74) is 10.1. The number of nitrogens with zero attached hydrogens (tertiary/aromatic N) is 2. The van der Waals surface area contributed by atoms with Gasteiger partial charge in [0.1, 0.15) is 13.2 Å². The molecule has 140 heavy (non-hydrogen) atoms. The molecule has 0 amide bonds. The van der Waals surface area contributed by atoms with E-state index in [0.29, 0.717) is 123 Å². The number of methoxy groups -OCH3 is 2. The summed E-state index contributed by atoms with van der Waals surface area (Å²) >= 11 is 0. The molecule has 0 saturated heterocycles. The molecule has 9 rings (SSSR count). The predicted octanol–water partition coefficient (Wildman–Crippen LogP) is 35.2. The quantitative estimate of drug-likeness (QED) is 0.0343. The molecule has 0 atom stereocenters. The van der Waals surface area contributed by atoms with Crippen molar-refractivity contribution in [1.29, 1.82) is 0 Å². The Balaban J connectivity index is 1.25. The molecule has 0 unspecified atom stereocenters. The predicted molar refractivity (Wildman–Crippen MR) is 587 cm³/mol. The number of hydrogen-bond acceptors (Lipinski definition) is 16. The fourth-order valence-electron chi connectivity index (χ4n) is 19.4. The van der Waals surface area contributed by atoms with Crippen LogP contribution in [0, 0.1) is 0 Å². The average molecular weight is 1940 g/mol. The van der Waals surface area contributed by atoms with Crippen LogP contribution in [0.5, 0.6) is 46.0 Å². The van der Waals surface area contributed by atoms with Crippen molar-refractivity contribution in [2.75, 3.05) is 133 Å². The Morgan fingerprint density at radius 2 is 0.329 bits per heavy atom. The summed E-state index contributed by atoms with van der Waals surface area (Å²) in [7, 11) is 3.36. The van der Waals surface area contributed by atoms with Crippen molar-refractivity contribution < 1.29 is 66.3 Å². The maximum atomic E-state index is 7.13. The number of ether oxygens (including phenoxy) is 14. The lowest BCUT2D eigenvalue weighted by atomic mass is 10.0.